The second kappa shape index (κ2) is 13.6. The Balaban J connectivity index is 0.00000341. The summed E-state index contributed by atoms with van der Waals surface area (Å²) in [5.74, 6) is 3.39. The molecular weight excluding hydrogens is 507 g/mol. The fourth-order valence-corrected chi connectivity index (χ4v) is 4.09. The Bertz CT molecular complexity index is 649. The van der Waals surface area contributed by atoms with Crippen molar-refractivity contribution in [2.75, 3.05) is 59.0 Å². The summed E-state index contributed by atoms with van der Waals surface area (Å²) in [5.41, 5.74) is 1.00. The van der Waals surface area contributed by atoms with Gasteiger partial charge in [-0.2, -0.15) is 0 Å². The number of aryl methyl sites for hydroxylation is 2. The zero-order chi connectivity index (χ0) is 21.3. The molecule has 1 unspecified atom stereocenters. The maximum Gasteiger partial charge on any atom is 0.208 e. The molecule has 1 aromatic heterocycles. The first kappa shape index (κ1) is 26.3. The Kier molecular flexibility index (Phi) is 11.6. The van der Waals surface area contributed by atoms with Crippen molar-refractivity contribution in [3.8, 4) is 0 Å². The average molecular weight is 549 g/mol. The second-order valence-corrected chi connectivity index (χ2v) is 8.57. The molecule has 9 heteroatoms. The van der Waals surface area contributed by atoms with E-state index in [1.807, 2.05) is 13.8 Å². The van der Waals surface area contributed by atoms with Gasteiger partial charge in [0.1, 0.15) is 5.76 Å². The smallest absolute Gasteiger partial charge is 0.208 e. The summed E-state index contributed by atoms with van der Waals surface area (Å²) < 4.78 is 11.2. The van der Waals surface area contributed by atoms with E-state index in [4.69, 9.17) is 14.1 Å². The van der Waals surface area contributed by atoms with Crippen molar-refractivity contribution in [3.63, 3.8) is 0 Å². The van der Waals surface area contributed by atoms with Crippen molar-refractivity contribution in [2.24, 2.45) is 10.9 Å². The molecule has 0 saturated carbocycles. The highest BCUT2D eigenvalue weighted by Crippen LogP contribution is 2.19. The Morgan fingerprint density at radius 3 is 2.48 bits per heavy atom. The monoisotopic (exact) mass is 548 g/mol. The van der Waals surface area contributed by atoms with Gasteiger partial charge >= 0.3 is 0 Å². The number of morpholine rings is 1. The van der Waals surface area contributed by atoms with Crippen LogP contribution in [0.3, 0.4) is 0 Å². The van der Waals surface area contributed by atoms with Crippen LogP contribution in [0.2, 0.25) is 0 Å². The van der Waals surface area contributed by atoms with Crippen molar-refractivity contribution < 1.29 is 9.15 Å². The molecule has 178 valence electrons. The molecule has 0 radical (unpaired) electrons. The van der Waals surface area contributed by atoms with Gasteiger partial charge in [0.15, 0.2) is 5.96 Å². The maximum absolute atomic E-state index is 5.74. The Morgan fingerprint density at radius 2 is 1.87 bits per heavy atom. The van der Waals surface area contributed by atoms with Crippen LogP contribution in [0.1, 0.15) is 44.0 Å². The van der Waals surface area contributed by atoms with Crippen LogP contribution < -0.4 is 10.6 Å². The lowest BCUT2D eigenvalue weighted by Crippen LogP contribution is -2.45. The lowest BCUT2D eigenvalue weighted by molar-refractivity contribution is 0.0220. The average Bonchev–Trinajstić information content (AvgIpc) is 3.08. The maximum atomic E-state index is 5.74. The van der Waals surface area contributed by atoms with Crippen LogP contribution in [0, 0.1) is 19.8 Å². The van der Waals surface area contributed by atoms with E-state index >= 15 is 0 Å². The summed E-state index contributed by atoms with van der Waals surface area (Å²) in [6.45, 7) is 17.7. The number of oxazole rings is 1. The van der Waals surface area contributed by atoms with E-state index in [-0.39, 0.29) is 24.0 Å². The van der Waals surface area contributed by atoms with Gasteiger partial charge in [0, 0.05) is 32.2 Å². The molecule has 0 bridgehead atoms. The molecule has 3 rings (SSSR count). The van der Waals surface area contributed by atoms with Crippen molar-refractivity contribution in [1.29, 1.82) is 0 Å². The molecule has 0 aromatic carbocycles. The minimum atomic E-state index is 0. The number of rotatable bonds is 8. The minimum absolute atomic E-state index is 0. The van der Waals surface area contributed by atoms with Crippen LogP contribution >= 0.6 is 24.0 Å². The van der Waals surface area contributed by atoms with E-state index in [9.17, 15) is 0 Å². The molecule has 8 nitrogen and oxygen atoms in total. The normalized spacial score (nSPS) is 20.3. The van der Waals surface area contributed by atoms with Crippen LogP contribution in [-0.4, -0.2) is 85.8 Å². The first-order valence-electron chi connectivity index (χ1n) is 11.5. The van der Waals surface area contributed by atoms with Gasteiger partial charge in [-0.3, -0.25) is 14.8 Å². The molecule has 0 spiro atoms. The highest BCUT2D eigenvalue weighted by atomic mass is 127. The summed E-state index contributed by atoms with van der Waals surface area (Å²) >= 11 is 0. The molecule has 2 saturated heterocycles. The SMILES string of the molecule is CCNC(=NCC(C)N1CCOCC1)NCC1CCN(Cc2nc(C)c(C)o2)CC1.I. The first-order valence-corrected chi connectivity index (χ1v) is 11.5. The van der Waals surface area contributed by atoms with Gasteiger partial charge in [0.05, 0.1) is 32.0 Å². The van der Waals surface area contributed by atoms with Crippen molar-refractivity contribution in [2.45, 2.75) is 53.1 Å². The first-order chi connectivity index (χ1) is 14.5. The predicted octanol–water partition coefficient (Wildman–Crippen LogP) is 2.40. The summed E-state index contributed by atoms with van der Waals surface area (Å²) in [7, 11) is 0. The number of nitrogens with one attached hydrogen (secondary N) is 2. The van der Waals surface area contributed by atoms with E-state index < -0.39 is 0 Å². The van der Waals surface area contributed by atoms with Crippen molar-refractivity contribution >= 4 is 29.9 Å². The van der Waals surface area contributed by atoms with Crippen LogP contribution in [-0.2, 0) is 11.3 Å². The summed E-state index contributed by atoms with van der Waals surface area (Å²) in [6.07, 6.45) is 2.38. The van der Waals surface area contributed by atoms with Gasteiger partial charge in [0.2, 0.25) is 5.89 Å². The van der Waals surface area contributed by atoms with Gasteiger partial charge in [-0.1, -0.05) is 0 Å². The topological polar surface area (TPSA) is 78.2 Å². The zero-order valence-corrected chi connectivity index (χ0v) is 22.0. The largest absolute Gasteiger partial charge is 0.444 e. The molecule has 31 heavy (non-hydrogen) atoms. The third kappa shape index (κ3) is 8.51. The van der Waals surface area contributed by atoms with Gasteiger partial charge < -0.3 is 19.8 Å². The third-order valence-corrected chi connectivity index (χ3v) is 6.22. The van der Waals surface area contributed by atoms with Gasteiger partial charge in [-0.25, -0.2) is 4.98 Å². The van der Waals surface area contributed by atoms with E-state index in [2.05, 4.69) is 39.3 Å². The van der Waals surface area contributed by atoms with E-state index in [0.29, 0.717) is 12.0 Å². The number of ether oxygens (including phenoxy) is 1. The molecule has 1 atom stereocenters. The van der Waals surface area contributed by atoms with Crippen LogP contribution in [0.4, 0.5) is 0 Å². The molecule has 1 aromatic rings. The molecular formula is C22H41IN6O2. The lowest BCUT2D eigenvalue weighted by Gasteiger charge is -2.32. The fraction of sp³-hybridized carbons (Fsp3) is 0.818. The number of aromatic nitrogens is 1. The molecule has 0 aliphatic carbocycles. The van der Waals surface area contributed by atoms with E-state index in [1.165, 1.54) is 12.8 Å². The molecule has 2 N–H and O–H groups in total. The summed E-state index contributed by atoms with van der Waals surface area (Å²) in [6, 6.07) is 0.440. The Hall–Kier alpha value is -0.910. The van der Waals surface area contributed by atoms with Gasteiger partial charge in [-0.05, 0) is 59.5 Å². The zero-order valence-electron chi connectivity index (χ0n) is 19.7. The van der Waals surface area contributed by atoms with E-state index in [1.54, 1.807) is 0 Å². The number of guanidine groups is 1. The lowest BCUT2D eigenvalue weighted by atomic mass is 9.97. The molecule has 2 aliphatic rings. The Morgan fingerprint density at radius 1 is 1.16 bits per heavy atom. The second-order valence-electron chi connectivity index (χ2n) is 8.57. The number of hydrogen-bond donors (Lipinski definition) is 2. The number of nitrogens with zero attached hydrogens (tertiary/aromatic N) is 4. The van der Waals surface area contributed by atoms with Crippen molar-refractivity contribution in [1.82, 2.24) is 25.4 Å². The minimum Gasteiger partial charge on any atom is -0.444 e. The third-order valence-electron chi connectivity index (χ3n) is 6.22. The fourth-order valence-electron chi connectivity index (χ4n) is 4.09. The highest BCUT2D eigenvalue weighted by molar-refractivity contribution is 14.0. The number of hydrogen-bond acceptors (Lipinski definition) is 6. The number of aliphatic imine (C=N–C) groups is 1. The van der Waals surface area contributed by atoms with Gasteiger partial charge in [0.25, 0.3) is 0 Å². The highest BCUT2D eigenvalue weighted by Gasteiger charge is 2.21. The molecule has 0 amide bonds. The summed E-state index contributed by atoms with van der Waals surface area (Å²) in [4.78, 5) is 14.3. The number of likely N-dealkylation sites (tertiary alicyclic amines) is 1. The molecule has 2 fully saturated rings. The number of halogens is 1. The summed E-state index contributed by atoms with van der Waals surface area (Å²) in [5, 5.41) is 6.96. The molecule has 3 heterocycles. The molecule has 2 aliphatic heterocycles. The van der Waals surface area contributed by atoms with Crippen LogP contribution in [0.5, 0.6) is 0 Å². The van der Waals surface area contributed by atoms with Crippen molar-refractivity contribution in [3.05, 3.63) is 17.3 Å². The van der Waals surface area contributed by atoms with Crippen LogP contribution in [0.15, 0.2) is 9.41 Å². The number of piperidine rings is 1. The standard InChI is InChI=1S/C22H40N6O2.HI/c1-5-23-22(24-14-17(2)28-10-12-29-13-11-28)25-15-20-6-8-27(9-7-20)16-21-26-18(3)19(4)30-21;/h17,20H,5-16H2,1-4H3,(H2,23,24,25);1H. The van der Waals surface area contributed by atoms with Gasteiger partial charge in [-0.15, -0.1) is 24.0 Å². The Labute approximate surface area is 204 Å². The van der Waals surface area contributed by atoms with Crippen LogP contribution in [0.25, 0.3) is 0 Å². The van der Waals surface area contributed by atoms with E-state index in [0.717, 1.165) is 88.9 Å². The predicted molar refractivity (Wildman–Crippen MR) is 135 cm³/mol. The quantitative estimate of drug-likeness (QED) is 0.294.